The van der Waals surface area contributed by atoms with Crippen LogP contribution in [0.2, 0.25) is 5.02 Å². The molecule has 0 spiro atoms. The number of thiophene rings is 1. The maximum Gasteiger partial charge on any atom is 0.263 e. The second-order valence-corrected chi connectivity index (χ2v) is 6.31. The Morgan fingerprint density at radius 3 is 2.83 bits per heavy atom. The fourth-order valence-electron chi connectivity index (χ4n) is 2.22. The quantitative estimate of drug-likeness (QED) is 0.745. The maximum atomic E-state index is 13.6. The van der Waals surface area contributed by atoms with Crippen molar-refractivity contribution in [3.05, 3.63) is 63.7 Å². The molecule has 0 fully saturated rings. The number of carbonyl (C=O) groups is 1. The highest BCUT2D eigenvalue weighted by Crippen LogP contribution is 2.37. The van der Waals surface area contributed by atoms with Crippen molar-refractivity contribution in [2.75, 3.05) is 7.11 Å². The summed E-state index contributed by atoms with van der Waals surface area (Å²) in [5, 5.41) is 3.86. The molecule has 0 saturated heterocycles. The molecule has 0 aliphatic carbocycles. The van der Waals surface area contributed by atoms with Crippen molar-refractivity contribution in [3.63, 3.8) is 0 Å². The third-order valence-corrected chi connectivity index (χ3v) is 5.11. The summed E-state index contributed by atoms with van der Waals surface area (Å²) >= 11 is 7.61. The largest absolute Gasteiger partial charge is 0.497 e. The SMILES string of the molecule is COc1ccc2sc(C(=O)NCc3ccccc3F)c(Cl)c2c1. The monoisotopic (exact) mass is 349 g/mol. The van der Waals surface area contributed by atoms with Gasteiger partial charge in [0, 0.05) is 22.2 Å². The van der Waals surface area contributed by atoms with Gasteiger partial charge in [-0.3, -0.25) is 4.79 Å². The molecule has 118 valence electrons. The molecule has 0 saturated carbocycles. The summed E-state index contributed by atoms with van der Waals surface area (Å²) < 4.78 is 19.6. The average molecular weight is 350 g/mol. The summed E-state index contributed by atoms with van der Waals surface area (Å²) in [6.07, 6.45) is 0. The van der Waals surface area contributed by atoms with Gasteiger partial charge in [0.1, 0.15) is 16.4 Å². The van der Waals surface area contributed by atoms with Crippen molar-refractivity contribution in [1.29, 1.82) is 0 Å². The second-order valence-electron chi connectivity index (χ2n) is 4.88. The number of fused-ring (bicyclic) bond motifs is 1. The molecule has 1 N–H and O–H groups in total. The minimum absolute atomic E-state index is 0.111. The predicted octanol–water partition coefficient (Wildman–Crippen LogP) is 4.63. The number of nitrogens with one attached hydrogen (secondary N) is 1. The lowest BCUT2D eigenvalue weighted by atomic mass is 10.2. The molecular formula is C17H13ClFNO2S. The third kappa shape index (κ3) is 3.16. The minimum Gasteiger partial charge on any atom is -0.497 e. The Morgan fingerprint density at radius 1 is 1.30 bits per heavy atom. The van der Waals surface area contributed by atoms with Crippen molar-refractivity contribution in [2.45, 2.75) is 6.54 Å². The average Bonchev–Trinajstić information content (AvgIpc) is 2.90. The number of hydrogen-bond acceptors (Lipinski definition) is 3. The first-order valence-corrected chi connectivity index (χ1v) is 8.07. The summed E-state index contributed by atoms with van der Waals surface area (Å²) in [4.78, 5) is 12.7. The second kappa shape index (κ2) is 6.56. The zero-order valence-corrected chi connectivity index (χ0v) is 13.8. The molecule has 0 aliphatic rings. The molecule has 0 aliphatic heterocycles. The fraction of sp³-hybridized carbons (Fsp3) is 0.118. The van der Waals surface area contributed by atoms with E-state index in [-0.39, 0.29) is 18.3 Å². The predicted molar refractivity (Wildman–Crippen MR) is 91.0 cm³/mol. The zero-order valence-electron chi connectivity index (χ0n) is 12.2. The van der Waals surface area contributed by atoms with Crippen LogP contribution < -0.4 is 10.1 Å². The lowest BCUT2D eigenvalue weighted by Gasteiger charge is -2.05. The first-order chi connectivity index (χ1) is 11.1. The van der Waals surface area contributed by atoms with Gasteiger partial charge in [0.15, 0.2) is 0 Å². The van der Waals surface area contributed by atoms with Gasteiger partial charge in [-0.15, -0.1) is 11.3 Å². The first kappa shape index (κ1) is 15.8. The molecule has 3 aromatic rings. The molecule has 6 heteroatoms. The van der Waals surface area contributed by atoms with E-state index in [4.69, 9.17) is 16.3 Å². The Bertz CT molecular complexity index is 878. The van der Waals surface area contributed by atoms with Crippen molar-refractivity contribution in [3.8, 4) is 5.75 Å². The Hall–Kier alpha value is -2.11. The van der Waals surface area contributed by atoms with Crippen LogP contribution in [-0.4, -0.2) is 13.0 Å². The van der Waals surface area contributed by atoms with Gasteiger partial charge in [-0.1, -0.05) is 29.8 Å². The highest BCUT2D eigenvalue weighted by Gasteiger charge is 2.17. The maximum absolute atomic E-state index is 13.6. The summed E-state index contributed by atoms with van der Waals surface area (Å²) in [7, 11) is 1.57. The van der Waals surface area contributed by atoms with E-state index >= 15 is 0 Å². The number of hydrogen-bond donors (Lipinski definition) is 1. The number of ether oxygens (including phenoxy) is 1. The molecule has 1 aromatic heterocycles. The van der Waals surface area contributed by atoms with Gasteiger partial charge >= 0.3 is 0 Å². The van der Waals surface area contributed by atoms with Crippen molar-refractivity contribution < 1.29 is 13.9 Å². The normalized spacial score (nSPS) is 10.7. The van der Waals surface area contributed by atoms with Gasteiger partial charge in [-0.05, 0) is 24.3 Å². The van der Waals surface area contributed by atoms with Gasteiger partial charge in [0.05, 0.1) is 12.1 Å². The smallest absolute Gasteiger partial charge is 0.263 e. The van der Waals surface area contributed by atoms with Gasteiger partial charge < -0.3 is 10.1 Å². The lowest BCUT2D eigenvalue weighted by Crippen LogP contribution is -2.22. The summed E-state index contributed by atoms with van der Waals surface area (Å²) in [5.41, 5.74) is 0.430. The van der Waals surface area contributed by atoms with E-state index in [2.05, 4.69) is 5.32 Å². The molecule has 3 rings (SSSR count). The summed E-state index contributed by atoms with van der Waals surface area (Å²) in [6.45, 7) is 0.111. The van der Waals surface area contributed by atoms with Crippen LogP contribution in [0.1, 0.15) is 15.2 Å². The van der Waals surface area contributed by atoms with Gasteiger partial charge in [0.25, 0.3) is 5.91 Å². The Labute approximate surface area is 141 Å². The van der Waals surface area contributed by atoms with Crippen molar-refractivity contribution >= 4 is 38.9 Å². The highest BCUT2D eigenvalue weighted by molar-refractivity contribution is 7.21. The van der Waals surface area contributed by atoms with Gasteiger partial charge in [-0.2, -0.15) is 0 Å². The molecule has 23 heavy (non-hydrogen) atoms. The fourth-order valence-corrected chi connectivity index (χ4v) is 3.62. The van der Waals surface area contributed by atoms with E-state index in [1.165, 1.54) is 17.4 Å². The van der Waals surface area contributed by atoms with Crippen LogP contribution in [0.4, 0.5) is 4.39 Å². The van der Waals surface area contributed by atoms with Gasteiger partial charge in [-0.25, -0.2) is 4.39 Å². The summed E-state index contributed by atoms with van der Waals surface area (Å²) in [6, 6.07) is 11.8. The molecule has 2 aromatic carbocycles. The van der Waals surface area contributed by atoms with Crippen LogP contribution in [0, 0.1) is 5.82 Å². The minimum atomic E-state index is -0.347. The molecule has 0 atom stereocenters. The van der Waals surface area contributed by atoms with E-state index in [1.54, 1.807) is 31.4 Å². The standard InChI is InChI=1S/C17H13ClFNO2S/c1-22-11-6-7-14-12(8-11)15(18)16(23-14)17(21)20-9-10-4-2-3-5-13(10)19/h2-8H,9H2,1H3,(H,20,21). The van der Waals surface area contributed by atoms with Crippen LogP contribution in [-0.2, 0) is 6.54 Å². The highest BCUT2D eigenvalue weighted by atomic mass is 35.5. The zero-order chi connectivity index (χ0) is 16.4. The van der Waals surface area contributed by atoms with Crippen LogP contribution in [0.3, 0.4) is 0 Å². The number of amides is 1. The molecule has 0 bridgehead atoms. The van der Waals surface area contributed by atoms with Crippen LogP contribution >= 0.6 is 22.9 Å². The Balaban J connectivity index is 1.83. The first-order valence-electron chi connectivity index (χ1n) is 6.88. The van der Waals surface area contributed by atoms with Crippen LogP contribution in [0.5, 0.6) is 5.75 Å². The topological polar surface area (TPSA) is 38.3 Å². The number of methoxy groups -OCH3 is 1. The van der Waals surface area contributed by atoms with E-state index in [0.717, 1.165) is 10.1 Å². The number of carbonyl (C=O) groups excluding carboxylic acids is 1. The van der Waals surface area contributed by atoms with Gasteiger partial charge in [0.2, 0.25) is 0 Å². The molecule has 0 unspecified atom stereocenters. The third-order valence-electron chi connectivity index (χ3n) is 3.44. The van der Waals surface area contributed by atoms with E-state index < -0.39 is 0 Å². The number of rotatable bonds is 4. The van der Waals surface area contributed by atoms with Crippen LogP contribution in [0.25, 0.3) is 10.1 Å². The van der Waals surface area contributed by atoms with E-state index in [9.17, 15) is 9.18 Å². The molecule has 3 nitrogen and oxygen atoms in total. The van der Waals surface area contributed by atoms with Crippen molar-refractivity contribution in [2.24, 2.45) is 0 Å². The van der Waals surface area contributed by atoms with Crippen molar-refractivity contribution in [1.82, 2.24) is 5.32 Å². The lowest BCUT2D eigenvalue weighted by molar-refractivity contribution is 0.0955. The Kier molecular flexibility index (Phi) is 4.50. The van der Waals surface area contributed by atoms with E-state index in [0.29, 0.717) is 21.2 Å². The van der Waals surface area contributed by atoms with Crippen LogP contribution in [0.15, 0.2) is 42.5 Å². The molecule has 1 heterocycles. The molecule has 1 amide bonds. The number of benzene rings is 2. The molecular weight excluding hydrogens is 337 g/mol. The van der Waals surface area contributed by atoms with E-state index in [1.807, 2.05) is 12.1 Å². The summed E-state index contributed by atoms with van der Waals surface area (Å²) in [5.74, 6) is 0.00825. The molecule has 0 radical (unpaired) electrons. The number of halogens is 2. The Morgan fingerprint density at radius 2 is 2.09 bits per heavy atom.